The van der Waals surface area contributed by atoms with E-state index in [-0.39, 0.29) is 10.5 Å². The van der Waals surface area contributed by atoms with Gasteiger partial charge in [-0.2, -0.15) is 5.26 Å². The fraction of sp³-hybridized carbons (Fsp3) is 0.500. The van der Waals surface area contributed by atoms with Crippen molar-refractivity contribution in [2.24, 2.45) is 5.92 Å². The molecule has 98 valence electrons. The second-order valence-corrected chi connectivity index (χ2v) is 5.20. The molecule has 0 bridgehead atoms. The van der Waals surface area contributed by atoms with E-state index in [4.69, 9.17) is 5.26 Å². The molecule has 18 heavy (non-hydrogen) atoms. The first-order chi connectivity index (χ1) is 8.54. The van der Waals surface area contributed by atoms with E-state index in [0.717, 1.165) is 12.8 Å². The van der Waals surface area contributed by atoms with Crippen LogP contribution in [-0.2, 0) is 0 Å². The highest BCUT2D eigenvalue weighted by Gasteiger charge is 2.17. The van der Waals surface area contributed by atoms with Gasteiger partial charge in [-0.25, -0.2) is 4.39 Å². The average Bonchev–Trinajstić information content (AvgIpc) is 2.37. The molecule has 1 aromatic carbocycles. The van der Waals surface area contributed by atoms with Crippen LogP contribution in [0.4, 0.5) is 10.1 Å². The van der Waals surface area contributed by atoms with Crippen molar-refractivity contribution < 1.29 is 4.39 Å². The van der Waals surface area contributed by atoms with E-state index in [1.54, 1.807) is 12.1 Å². The van der Waals surface area contributed by atoms with Gasteiger partial charge in [0.25, 0.3) is 0 Å². The number of nitrogens with one attached hydrogen (secondary N) is 1. The Kier molecular flexibility index (Phi) is 5.61. The molecule has 0 amide bonds. The number of anilines is 1. The van der Waals surface area contributed by atoms with Crippen LogP contribution < -0.4 is 5.32 Å². The molecule has 1 N–H and O–H groups in total. The first-order valence-corrected chi connectivity index (χ1v) is 6.99. The molecular formula is C14H18BrFN2. The monoisotopic (exact) mass is 312 g/mol. The molecule has 0 saturated heterocycles. The van der Waals surface area contributed by atoms with Gasteiger partial charge in [-0.1, -0.05) is 26.7 Å². The summed E-state index contributed by atoms with van der Waals surface area (Å²) in [4.78, 5) is 0. The molecule has 0 aromatic heterocycles. The van der Waals surface area contributed by atoms with Gasteiger partial charge in [-0.05, 0) is 40.9 Å². The highest BCUT2D eigenvalue weighted by Crippen LogP contribution is 2.28. The van der Waals surface area contributed by atoms with Crippen LogP contribution in [0.1, 0.15) is 39.2 Å². The van der Waals surface area contributed by atoms with Crippen LogP contribution in [-0.4, -0.2) is 6.04 Å². The van der Waals surface area contributed by atoms with Crippen molar-refractivity contribution in [2.75, 3.05) is 5.32 Å². The number of hydrogen-bond acceptors (Lipinski definition) is 2. The lowest BCUT2D eigenvalue weighted by molar-refractivity contribution is 0.436. The fourth-order valence-corrected chi connectivity index (χ4v) is 2.54. The summed E-state index contributed by atoms with van der Waals surface area (Å²) in [5.74, 6) is 0.116. The number of hydrogen-bond donors (Lipinski definition) is 1. The summed E-state index contributed by atoms with van der Waals surface area (Å²) in [5.41, 5.74) is 0.758. The highest BCUT2D eigenvalue weighted by molar-refractivity contribution is 9.10. The molecule has 0 radical (unpaired) electrons. The quantitative estimate of drug-likeness (QED) is 0.855. The molecule has 0 aliphatic carbocycles. The van der Waals surface area contributed by atoms with E-state index in [0.29, 0.717) is 17.2 Å². The number of halogens is 2. The summed E-state index contributed by atoms with van der Waals surface area (Å²) in [5, 5.41) is 12.0. The second-order valence-electron chi connectivity index (χ2n) is 4.41. The normalized spacial score (nSPS) is 12.3. The zero-order chi connectivity index (χ0) is 13.7. The van der Waals surface area contributed by atoms with E-state index in [1.165, 1.54) is 0 Å². The van der Waals surface area contributed by atoms with Crippen molar-refractivity contribution in [1.82, 2.24) is 0 Å². The minimum absolute atomic E-state index is 0.203. The molecule has 1 aromatic rings. The zero-order valence-corrected chi connectivity index (χ0v) is 12.5. The Morgan fingerprint density at radius 1 is 1.39 bits per heavy atom. The molecule has 1 atom stereocenters. The number of rotatable bonds is 5. The molecule has 4 heteroatoms. The maximum Gasteiger partial charge on any atom is 0.161 e. The fourth-order valence-electron chi connectivity index (χ4n) is 2.11. The van der Waals surface area contributed by atoms with Crippen LogP contribution >= 0.6 is 15.9 Å². The minimum atomic E-state index is -0.396. The second kappa shape index (κ2) is 6.75. The van der Waals surface area contributed by atoms with Gasteiger partial charge in [-0.3, -0.25) is 0 Å². The predicted octanol–water partition coefficient (Wildman–Crippen LogP) is 4.70. The third kappa shape index (κ3) is 3.23. The van der Waals surface area contributed by atoms with E-state index in [9.17, 15) is 4.39 Å². The molecule has 0 heterocycles. The third-order valence-corrected chi connectivity index (χ3v) is 4.12. The van der Waals surface area contributed by atoms with Crippen molar-refractivity contribution in [3.05, 3.63) is 28.0 Å². The van der Waals surface area contributed by atoms with Crippen LogP contribution in [0, 0.1) is 23.1 Å². The van der Waals surface area contributed by atoms with E-state index < -0.39 is 5.82 Å². The Balaban J connectivity index is 2.93. The van der Waals surface area contributed by atoms with Crippen LogP contribution in [0.5, 0.6) is 0 Å². The van der Waals surface area contributed by atoms with Gasteiger partial charge < -0.3 is 5.32 Å². The Morgan fingerprint density at radius 3 is 2.50 bits per heavy atom. The predicted molar refractivity (Wildman–Crippen MR) is 76.0 cm³/mol. The van der Waals surface area contributed by atoms with Crippen LogP contribution in [0.15, 0.2) is 16.6 Å². The molecule has 0 saturated carbocycles. The van der Waals surface area contributed by atoms with Crippen LogP contribution in [0.3, 0.4) is 0 Å². The summed E-state index contributed by atoms with van der Waals surface area (Å²) in [7, 11) is 0. The summed E-state index contributed by atoms with van der Waals surface area (Å²) < 4.78 is 14.2. The Labute approximate surface area is 116 Å². The number of nitriles is 1. The van der Waals surface area contributed by atoms with Gasteiger partial charge in [0.05, 0.1) is 15.7 Å². The van der Waals surface area contributed by atoms with Gasteiger partial charge in [0.2, 0.25) is 0 Å². The van der Waals surface area contributed by atoms with Crippen molar-refractivity contribution in [3.63, 3.8) is 0 Å². The van der Waals surface area contributed by atoms with Crippen molar-refractivity contribution >= 4 is 21.6 Å². The van der Waals surface area contributed by atoms with E-state index in [2.05, 4.69) is 42.0 Å². The SMILES string of the molecule is CCC(CC)C(C)Nc1ccc(C#N)c(Br)c1F. The molecular weight excluding hydrogens is 295 g/mol. The van der Waals surface area contributed by atoms with Crippen LogP contribution in [0.2, 0.25) is 0 Å². The number of nitrogens with zero attached hydrogens (tertiary/aromatic N) is 1. The average molecular weight is 313 g/mol. The smallest absolute Gasteiger partial charge is 0.161 e. The van der Waals surface area contributed by atoms with Gasteiger partial charge in [0.15, 0.2) is 5.82 Å². The summed E-state index contributed by atoms with van der Waals surface area (Å²) >= 11 is 3.11. The zero-order valence-electron chi connectivity index (χ0n) is 10.9. The molecule has 1 rings (SSSR count). The van der Waals surface area contributed by atoms with Crippen molar-refractivity contribution in [2.45, 2.75) is 39.7 Å². The molecule has 0 aliphatic heterocycles. The molecule has 0 aliphatic rings. The number of benzene rings is 1. The summed E-state index contributed by atoms with van der Waals surface area (Å²) in [6.45, 7) is 6.33. The maximum absolute atomic E-state index is 14.0. The molecule has 0 fully saturated rings. The Bertz CT molecular complexity index is 450. The maximum atomic E-state index is 14.0. The lowest BCUT2D eigenvalue weighted by Gasteiger charge is -2.24. The lowest BCUT2D eigenvalue weighted by Crippen LogP contribution is -2.25. The molecule has 0 spiro atoms. The largest absolute Gasteiger partial charge is 0.380 e. The Morgan fingerprint density at radius 2 is 2.00 bits per heavy atom. The van der Waals surface area contributed by atoms with Crippen molar-refractivity contribution in [3.8, 4) is 6.07 Å². The molecule has 2 nitrogen and oxygen atoms in total. The van der Waals surface area contributed by atoms with Crippen molar-refractivity contribution in [1.29, 1.82) is 5.26 Å². The van der Waals surface area contributed by atoms with Gasteiger partial charge in [0, 0.05) is 6.04 Å². The summed E-state index contributed by atoms with van der Waals surface area (Å²) in [6, 6.07) is 5.39. The standard InChI is InChI=1S/C14H18BrFN2/c1-4-10(5-2)9(3)18-12-7-6-11(8-17)13(15)14(12)16/h6-7,9-10,18H,4-5H2,1-3H3. The topological polar surface area (TPSA) is 35.8 Å². The van der Waals surface area contributed by atoms with Crippen LogP contribution in [0.25, 0.3) is 0 Å². The minimum Gasteiger partial charge on any atom is -0.380 e. The highest BCUT2D eigenvalue weighted by atomic mass is 79.9. The first kappa shape index (κ1) is 15.0. The van der Waals surface area contributed by atoms with E-state index >= 15 is 0 Å². The first-order valence-electron chi connectivity index (χ1n) is 6.19. The summed E-state index contributed by atoms with van der Waals surface area (Å²) in [6.07, 6.45) is 2.12. The van der Waals surface area contributed by atoms with Gasteiger partial charge in [-0.15, -0.1) is 0 Å². The van der Waals surface area contributed by atoms with E-state index in [1.807, 2.05) is 6.07 Å². The Hall–Kier alpha value is -1.08. The molecule has 1 unspecified atom stereocenters. The van der Waals surface area contributed by atoms with Gasteiger partial charge in [0.1, 0.15) is 6.07 Å². The lowest BCUT2D eigenvalue weighted by atomic mass is 9.95. The van der Waals surface area contributed by atoms with Gasteiger partial charge >= 0.3 is 0 Å². The third-order valence-electron chi connectivity index (χ3n) is 3.34.